The minimum absolute atomic E-state index is 0.584. The zero-order chi connectivity index (χ0) is 16.1. The second-order valence-corrected chi connectivity index (χ2v) is 6.24. The molecule has 0 atom stereocenters. The number of pyridine rings is 1. The Morgan fingerprint density at radius 1 is 1.13 bits per heavy atom. The van der Waals surface area contributed by atoms with Crippen LogP contribution in [0, 0.1) is 13.8 Å². The predicted molar refractivity (Wildman–Crippen MR) is 92.7 cm³/mol. The number of aromatic nitrogens is 3. The molecule has 0 amide bonds. The van der Waals surface area contributed by atoms with Crippen LogP contribution in [0.25, 0.3) is 0 Å². The molecule has 0 radical (unpaired) electrons. The van der Waals surface area contributed by atoms with Crippen LogP contribution < -0.4 is 10.2 Å². The lowest BCUT2D eigenvalue weighted by molar-refractivity contribution is 0.414. The molecule has 0 aliphatic carbocycles. The van der Waals surface area contributed by atoms with Crippen molar-refractivity contribution in [1.82, 2.24) is 20.3 Å². The van der Waals surface area contributed by atoms with Crippen molar-refractivity contribution in [1.29, 1.82) is 0 Å². The van der Waals surface area contributed by atoms with Crippen molar-refractivity contribution in [2.45, 2.75) is 39.2 Å². The second kappa shape index (κ2) is 7.51. The van der Waals surface area contributed by atoms with E-state index in [1.165, 1.54) is 0 Å². The van der Waals surface area contributed by atoms with Crippen molar-refractivity contribution in [2.75, 3.05) is 24.5 Å². The molecule has 0 aromatic carbocycles. The van der Waals surface area contributed by atoms with E-state index in [4.69, 9.17) is 0 Å². The van der Waals surface area contributed by atoms with Gasteiger partial charge in [-0.3, -0.25) is 4.98 Å². The Morgan fingerprint density at radius 2 is 1.87 bits per heavy atom. The maximum Gasteiger partial charge on any atom is 0.225 e. The molecule has 0 unspecified atom stereocenters. The van der Waals surface area contributed by atoms with E-state index in [0.29, 0.717) is 6.04 Å². The van der Waals surface area contributed by atoms with Crippen LogP contribution in [0.2, 0.25) is 0 Å². The van der Waals surface area contributed by atoms with Crippen molar-refractivity contribution in [3.05, 3.63) is 47.5 Å². The summed E-state index contributed by atoms with van der Waals surface area (Å²) in [5, 5.41) is 3.66. The summed E-state index contributed by atoms with van der Waals surface area (Å²) in [6.07, 6.45) is 5.12. The number of rotatable bonds is 5. The zero-order valence-corrected chi connectivity index (χ0v) is 14.0. The van der Waals surface area contributed by atoms with Gasteiger partial charge in [-0.2, -0.15) is 0 Å². The molecular formula is C18H25N5. The summed E-state index contributed by atoms with van der Waals surface area (Å²) in [5.41, 5.74) is 3.24. The first-order valence-corrected chi connectivity index (χ1v) is 8.41. The third-order valence-electron chi connectivity index (χ3n) is 4.29. The Labute approximate surface area is 138 Å². The monoisotopic (exact) mass is 311 g/mol. The van der Waals surface area contributed by atoms with Gasteiger partial charge in [-0.05, 0) is 44.9 Å². The molecular weight excluding hydrogens is 286 g/mol. The first kappa shape index (κ1) is 15.9. The quantitative estimate of drug-likeness (QED) is 0.918. The fraction of sp³-hybridized carbons (Fsp3) is 0.500. The zero-order valence-electron chi connectivity index (χ0n) is 14.0. The van der Waals surface area contributed by atoms with E-state index in [1.54, 1.807) is 0 Å². The van der Waals surface area contributed by atoms with E-state index in [1.807, 2.05) is 38.2 Å². The number of piperidine rings is 1. The van der Waals surface area contributed by atoms with Crippen molar-refractivity contribution in [2.24, 2.45) is 0 Å². The summed E-state index contributed by atoms with van der Waals surface area (Å²) < 4.78 is 0. The SMILES string of the molecule is Cc1cc(C)nc(N2CCC(NCCc3ccccn3)CC2)n1. The van der Waals surface area contributed by atoms with Gasteiger partial charge in [-0.25, -0.2) is 9.97 Å². The van der Waals surface area contributed by atoms with Gasteiger partial charge in [-0.15, -0.1) is 0 Å². The van der Waals surface area contributed by atoms with Gasteiger partial charge < -0.3 is 10.2 Å². The smallest absolute Gasteiger partial charge is 0.225 e. The first-order valence-electron chi connectivity index (χ1n) is 8.41. The third-order valence-corrected chi connectivity index (χ3v) is 4.29. The lowest BCUT2D eigenvalue weighted by Crippen LogP contribution is -2.43. The van der Waals surface area contributed by atoms with E-state index < -0.39 is 0 Å². The summed E-state index contributed by atoms with van der Waals surface area (Å²) in [4.78, 5) is 15.8. The van der Waals surface area contributed by atoms with Gasteiger partial charge in [0.2, 0.25) is 5.95 Å². The largest absolute Gasteiger partial charge is 0.341 e. The van der Waals surface area contributed by atoms with Gasteiger partial charge in [-0.1, -0.05) is 6.07 Å². The minimum atomic E-state index is 0.584. The number of nitrogens with one attached hydrogen (secondary N) is 1. The van der Waals surface area contributed by atoms with Crippen LogP contribution in [0.3, 0.4) is 0 Å². The fourth-order valence-corrected chi connectivity index (χ4v) is 3.08. The predicted octanol–water partition coefficient (Wildman–Crippen LogP) is 2.29. The summed E-state index contributed by atoms with van der Waals surface area (Å²) in [6.45, 7) is 7.09. The molecule has 23 heavy (non-hydrogen) atoms. The average molecular weight is 311 g/mol. The minimum Gasteiger partial charge on any atom is -0.341 e. The Balaban J connectivity index is 1.45. The number of anilines is 1. The average Bonchev–Trinajstić information content (AvgIpc) is 2.56. The topological polar surface area (TPSA) is 53.9 Å². The fourth-order valence-electron chi connectivity index (χ4n) is 3.08. The van der Waals surface area contributed by atoms with E-state index in [-0.39, 0.29) is 0 Å². The first-order chi connectivity index (χ1) is 11.2. The summed E-state index contributed by atoms with van der Waals surface area (Å²) in [6, 6.07) is 8.70. The van der Waals surface area contributed by atoms with Crippen LogP contribution in [0.5, 0.6) is 0 Å². The molecule has 3 heterocycles. The Kier molecular flexibility index (Phi) is 5.18. The van der Waals surface area contributed by atoms with E-state index in [0.717, 1.165) is 61.9 Å². The lowest BCUT2D eigenvalue weighted by Gasteiger charge is -2.32. The molecule has 1 aliphatic rings. The maximum absolute atomic E-state index is 4.57. The molecule has 1 saturated heterocycles. The number of hydrogen-bond acceptors (Lipinski definition) is 5. The highest BCUT2D eigenvalue weighted by molar-refractivity contribution is 5.32. The summed E-state index contributed by atoms with van der Waals surface area (Å²) in [5.74, 6) is 0.884. The van der Waals surface area contributed by atoms with Crippen LogP contribution in [0.15, 0.2) is 30.5 Å². The highest BCUT2D eigenvalue weighted by Crippen LogP contribution is 2.17. The van der Waals surface area contributed by atoms with E-state index >= 15 is 0 Å². The number of nitrogens with zero attached hydrogens (tertiary/aromatic N) is 4. The Morgan fingerprint density at radius 3 is 2.52 bits per heavy atom. The van der Waals surface area contributed by atoms with E-state index in [9.17, 15) is 0 Å². The molecule has 1 aliphatic heterocycles. The van der Waals surface area contributed by atoms with Gasteiger partial charge >= 0.3 is 0 Å². The standard InChI is InChI=1S/C18H25N5/c1-14-13-15(2)22-18(21-14)23-11-7-17(8-12-23)20-10-6-16-5-3-4-9-19-16/h3-5,9,13,17,20H,6-8,10-12H2,1-2H3. The van der Waals surface area contributed by atoms with Crippen LogP contribution in [0.1, 0.15) is 29.9 Å². The molecule has 5 heteroatoms. The second-order valence-electron chi connectivity index (χ2n) is 6.24. The Hall–Kier alpha value is -2.01. The summed E-state index contributed by atoms with van der Waals surface area (Å²) >= 11 is 0. The number of aryl methyl sites for hydroxylation is 2. The van der Waals surface area contributed by atoms with Gasteiger partial charge in [0, 0.05) is 55.4 Å². The van der Waals surface area contributed by atoms with Crippen LogP contribution >= 0.6 is 0 Å². The van der Waals surface area contributed by atoms with Crippen molar-refractivity contribution in [3.63, 3.8) is 0 Å². The third kappa shape index (κ3) is 4.48. The molecule has 2 aromatic heterocycles. The highest BCUT2D eigenvalue weighted by atomic mass is 15.3. The van der Waals surface area contributed by atoms with Crippen molar-refractivity contribution < 1.29 is 0 Å². The van der Waals surface area contributed by atoms with Crippen molar-refractivity contribution in [3.8, 4) is 0 Å². The van der Waals surface area contributed by atoms with Gasteiger partial charge in [0.05, 0.1) is 0 Å². The molecule has 0 saturated carbocycles. The van der Waals surface area contributed by atoms with Crippen molar-refractivity contribution >= 4 is 5.95 Å². The molecule has 2 aromatic rings. The molecule has 0 bridgehead atoms. The molecule has 1 N–H and O–H groups in total. The summed E-state index contributed by atoms with van der Waals surface area (Å²) in [7, 11) is 0. The molecule has 5 nitrogen and oxygen atoms in total. The van der Waals surface area contributed by atoms with Gasteiger partial charge in [0.1, 0.15) is 0 Å². The molecule has 3 rings (SSSR count). The van der Waals surface area contributed by atoms with Crippen LogP contribution in [-0.2, 0) is 6.42 Å². The van der Waals surface area contributed by atoms with E-state index in [2.05, 4.69) is 31.2 Å². The van der Waals surface area contributed by atoms with Crippen LogP contribution in [-0.4, -0.2) is 40.6 Å². The van der Waals surface area contributed by atoms with Gasteiger partial charge in [0.15, 0.2) is 0 Å². The lowest BCUT2D eigenvalue weighted by atomic mass is 10.1. The maximum atomic E-state index is 4.57. The van der Waals surface area contributed by atoms with Crippen LogP contribution in [0.4, 0.5) is 5.95 Å². The van der Waals surface area contributed by atoms with Gasteiger partial charge in [0.25, 0.3) is 0 Å². The highest BCUT2D eigenvalue weighted by Gasteiger charge is 2.20. The Bertz CT molecular complexity index is 600. The molecule has 0 spiro atoms. The number of hydrogen-bond donors (Lipinski definition) is 1. The molecule has 1 fully saturated rings. The molecule has 122 valence electrons. The normalized spacial score (nSPS) is 15.8.